The predicted octanol–water partition coefficient (Wildman–Crippen LogP) is 3.49. The Labute approximate surface area is 165 Å². The van der Waals surface area contributed by atoms with Crippen molar-refractivity contribution in [1.82, 2.24) is 4.57 Å². The highest BCUT2D eigenvalue weighted by Crippen LogP contribution is 2.29. The Kier molecular flexibility index (Phi) is 4.87. The van der Waals surface area contributed by atoms with Crippen LogP contribution < -0.4 is 15.5 Å². The van der Waals surface area contributed by atoms with Crippen molar-refractivity contribution in [2.24, 2.45) is 9.98 Å². The second-order valence-electron chi connectivity index (χ2n) is 6.02. The topological polar surface area (TPSA) is 59.1 Å². The fraction of sp³-hybridized carbons (Fsp3) is 0.150. The lowest BCUT2D eigenvalue weighted by molar-refractivity contribution is 0.412. The average Bonchev–Trinajstić information content (AvgIpc) is 3.21. The molecule has 5 nitrogen and oxygen atoms in total. The van der Waals surface area contributed by atoms with Gasteiger partial charge in [0.1, 0.15) is 5.75 Å². The third-order valence-electron chi connectivity index (χ3n) is 4.29. The maximum Gasteiger partial charge on any atom is 0.210 e. The number of ether oxygens (including phenoxy) is 1. The SMILES string of the molecule is COc1ccc(CCn2c(O)c(C=C3N=c4ccccc4=N3)sc2=S)cc1. The summed E-state index contributed by atoms with van der Waals surface area (Å²) >= 11 is 6.80. The summed E-state index contributed by atoms with van der Waals surface area (Å²) < 4.78 is 7.55. The van der Waals surface area contributed by atoms with Crippen LogP contribution in [0.15, 0.2) is 64.3 Å². The third kappa shape index (κ3) is 3.70. The Morgan fingerprint density at radius 2 is 1.78 bits per heavy atom. The minimum absolute atomic E-state index is 0.160. The summed E-state index contributed by atoms with van der Waals surface area (Å²) in [7, 11) is 1.65. The molecule has 0 amide bonds. The summed E-state index contributed by atoms with van der Waals surface area (Å²) in [6.07, 6.45) is 2.54. The third-order valence-corrected chi connectivity index (χ3v) is 5.67. The molecule has 0 fully saturated rings. The molecule has 0 saturated heterocycles. The zero-order valence-electron chi connectivity index (χ0n) is 14.6. The van der Waals surface area contributed by atoms with Crippen molar-refractivity contribution in [3.63, 3.8) is 0 Å². The van der Waals surface area contributed by atoms with Gasteiger partial charge in [0.05, 0.1) is 22.7 Å². The van der Waals surface area contributed by atoms with Crippen LogP contribution in [0.5, 0.6) is 11.6 Å². The highest BCUT2D eigenvalue weighted by atomic mass is 32.1. The van der Waals surface area contributed by atoms with E-state index in [0.717, 1.165) is 28.4 Å². The number of aromatic hydroxyl groups is 1. The van der Waals surface area contributed by atoms with Crippen LogP contribution >= 0.6 is 23.6 Å². The number of thiazole rings is 1. The molecule has 0 bridgehead atoms. The van der Waals surface area contributed by atoms with Crippen LogP contribution in [0.3, 0.4) is 0 Å². The van der Waals surface area contributed by atoms with Gasteiger partial charge in [0.2, 0.25) is 5.88 Å². The molecule has 2 aromatic carbocycles. The average molecular weight is 396 g/mol. The van der Waals surface area contributed by atoms with E-state index in [2.05, 4.69) is 9.98 Å². The number of nitrogens with zero attached hydrogens (tertiary/aromatic N) is 3. The molecule has 4 rings (SSSR count). The molecule has 2 heterocycles. The van der Waals surface area contributed by atoms with E-state index in [1.54, 1.807) is 17.8 Å². The Bertz CT molecular complexity index is 1150. The van der Waals surface area contributed by atoms with Gasteiger partial charge in [-0.1, -0.05) is 24.3 Å². The largest absolute Gasteiger partial charge is 0.497 e. The Hall–Kier alpha value is -2.77. The Morgan fingerprint density at radius 3 is 2.41 bits per heavy atom. The van der Waals surface area contributed by atoms with Crippen molar-refractivity contribution in [3.05, 3.63) is 79.5 Å². The number of aromatic nitrogens is 1. The summed E-state index contributed by atoms with van der Waals surface area (Å²) in [4.78, 5) is 9.61. The van der Waals surface area contributed by atoms with Crippen molar-refractivity contribution in [2.45, 2.75) is 13.0 Å². The lowest BCUT2D eigenvalue weighted by Gasteiger charge is -2.06. The molecule has 27 heavy (non-hydrogen) atoms. The van der Waals surface area contributed by atoms with Crippen molar-refractivity contribution in [3.8, 4) is 11.6 Å². The highest BCUT2D eigenvalue weighted by molar-refractivity contribution is 7.73. The van der Waals surface area contributed by atoms with Crippen molar-refractivity contribution in [2.75, 3.05) is 7.11 Å². The first-order chi connectivity index (χ1) is 13.1. The second kappa shape index (κ2) is 7.46. The van der Waals surface area contributed by atoms with E-state index in [4.69, 9.17) is 17.0 Å². The molecule has 0 unspecified atom stereocenters. The minimum Gasteiger partial charge on any atom is -0.497 e. The van der Waals surface area contributed by atoms with E-state index in [-0.39, 0.29) is 5.88 Å². The van der Waals surface area contributed by atoms with Crippen molar-refractivity contribution < 1.29 is 9.84 Å². The van der Waals surface area contributed by atoms with Gasteiger partial charge in [0, 0.05) is 12.6 Å². The second-order valence-corrected chi connectivity index (χ2v) is 7.70. The van der Waals surface area contributed by atoms with Crippen LogP contribution in [-0.4, -0.2) is 16.8 Å². The molecule has 0 saturated carbocycles. The van der Waals surface area contributed by atoms with Crippen molar-refractivity contribution >= 4 is 29.6 Å². The number of benzene rings is 2. The normalized spacial score (nSPS) is 12.3. The smallest absolute Gasteiger partial charge is 0.210 e. The maximum absolute atomic E-state index is 10.6. The van der Waals surface area contributed by atoms with E-state index < -0.39 is 0 Å². The number of aryl methyl sites for hydroxylation is 1. The summed E-state index contributed by atoms with van der Waals surface area (Å²) in [5, 5.41) is 12.3. The minimum atomic E-state index is 0.160. The molecular formula is C20H17N3O2S2. The van der Waals surface area contributed by atoms with E-state index >= 15 is 0 Å². The number of rotatable bonds is 5. The van der Waals surface area contributed by atoms with Crippen LogP contribution in [0.2, 0.25) is 0 Å². The van der Waals surface area contributed by atoms with E-state index in [1.165, 1.54) is 11.3 Å². The van der Waals surface area contributed by atoms with Gasteiger partial charge in [-0.25, -0.2) is 9.98 Å². The summed E-state index contributed by atoms with van der Waals surface area (Å²) in [5.74, 6) is 1.56. The van der Waals surface area contributed by atoms with Gasteiger partial charge in [-0.15, -0.1) is 11.3 Å². The van der Waals surface area contributed by atoms with Gasteiger partial charge in [0.15, 0.2) is 9.78 Å². The van der Waals surface area contributed by atoms with Crippen LogP contribution in [0.4, 0.5) is 0 Å². The molecule has 1 aromatic heterocycles. The zero-order chi connectivity index (χ0) is 18.8. The number of hydrogen-bond donors (Lipinski definition) is 1. The summed E-state index contributed by atoms with van der Waals surface area (Å²) in [5.41, 5.74) is 1.15. The zero-order valence-corrected chi connectivity index (χ0v) is 16.3. The molecule has 7 heteroatoms. The summed E-state index contributed by atoms with van der Waals surface area (Å²) in [6.45, 7) is 0.602. The first kappa shape index (κ1) is 17.6. The first-order valence-corrected chi connectivity index (χ1v) is 9.66. The van der Waals surface area contributed by atoms with Gasteiger partial charge in [-0.3, -0.25) is 4.57 Å². The molecule has 0 atom stereocenters. The van der Waals surface area contributed by atoms with Gasteiger partial charge in [-0.2, -0.15) is 0 Å². The lowest BCUT2D eigenvalue weighted by Crippen LogP contribution is -2.19. The molecule has 3 aromatic rings. The standard InChI is InChI=1S/C20H17N3O2S2/c1-25-14-8-6-13(7-9-14)10-11-23-19(24)17(27-20(23)26)12-18-21-15-4-2-3-5-16(15)22-18/h2-9,12,24H,10-11H2,1H3. The molecule has 0 spiro atoms. The molecule has 0 aliphatic carbocycles. The van der Waals surface area contributed by atoms with E-state index in [0.29, 0.717) is 21.2 Å². The van der Waals surface area contributed by atoms with Gasteiger partial charge >= 0.3 is 0 Å². The molecule has 1 N–H and O–H groups in total. The monoisotopic (exact) mass is 395 g/mol. The fourth-order valence-electron chi connectivity index (χ4n) is 2.85. The van der Waals surface area contributed by atoms with E-state index in [9.17, 15) is 5.11 Å². The van der Waals surface area contributed by atoms with Crippen LogP contribution in [0.25, 0.3) is 6.08 Å². The Balaban J connectivity index is 1.56. The number of fused-ring (bicyclic) bond motifs is 1. The first-order valence-electron chi connectivity index (χ1n) is 8.44. The van der Waals surface area contributed by atoms with Crippen LogP contribution in [0.1, 0.15) is 10.4 Å². The number of methoxy groups -OCH3 is 1. The fourth-order valence-corrected chi connectivity index (χ4v) is 4.13. The molecule has 1 aliphatic heterocycles. The van der Waals surface area contributed by atoms with E-state index in [1.807, 2.05) is 48.5 Å². The van der Waals surface area contributed by atoms with Crippen LogP contribution in [0, 0.1) is 3.95 Å². The van der Waals surface area contributed by atoms with Gasteiger partial charge in [0.25, 0.3) is 0 Å². The Morgan fingerprint density at radius 1 is 1.11 bits per heavy atom. The van der Waals surface area contributed by atoms with Crippen molar-refractivity contribution in [1.29, 1.82) is 0 Å². The molecule has 1 aliphatic rings. The molecule has 0 radical (unpaired) electrons. The molecular weight excluding hydrogens is 378 g/mol. The van der Waals surface area contributed by atoms with Gasteiger partial charge in [-0.05, 0) is 48.5 Å². The number of hydrogen-bond acceptors (Lipinski definition) is 6. The number of para-hydroxylation sites is 2. The maximum atomic E-state index is 10.6. The van der Waals surface area contributed by atoms with Crippen LogP contribution in [-0.2, 0) is 13.0 Å². The highest BCUT2D eigenvalue weighted by Gasteiger charge is 2.12. The molecule has 136 valence electrons. The summed E-state index contributed by atoms with van der Waals surface area (Å²) in [6, 6.07) is 15.6. The lowest BCUT2D eigenvalue weighted by atomic mass is 10.1. The van der Waals surface area contributed by atoms with Gasteiger partial charge < -0.3 is 9.84 Å². The quantitative estimate of drug-likeness (QED) is 0.673. The predicted molar refractivity (Wildman–Crippen MR) is 108 cm³/mol.